The molecule has 0 aromatic carbocycles. The van der Waals surface area contributed by atoms with Crippen molar-refractivity contribution in [3.63, 3.8) is 0 Å². The predicted octanol–water partition coefficient (Wildman–Crippen LogP) is 2.72. The van der Waals surface area contributed by atoms with Gasteiger partial charge in [-0.25, -0.2) is 4.18 Å². The highest BCUT2D eigenvalue weighted by molar-refractivity contribution is 7.80. The molecule has 0 heterocycles. The molecule has 15 heavy (non-hydrogen) atoms. The van der Waals surface area contributed by atoms with E-state index < -0.39 is 10.4 Å². The van der Waals surface area contributed by atoms with E-state index in [1.54, 1.807) is 0 Å². The van der Waals surface area contributed by atoms with Crippen LogP contribution in [0.5, 0.6) is 0 Å². The van der Waals surface area contributed by atoms with E-state index in [1.807, 2.05) is 12.2 Å². The molecule has 0 rings (SSSR count). The van der Waals surface area contributed by atoms with Crippen LogP contribution in [0.2, 0.25) is 0 Å². The molecule has 0 amide bonds. The highest BCUT2D eigenvalue weighted by atomic mass is 32.3. The third-order valence-electron chi connectivity index (χ3n) is 1.91. The number of hydrogen-bond acceptors (Lipinski definition) is 3. The fraction of sp³-hybridized carbons (Fsp3) is 0.800. The maximum absolute atomic E-state index is 10.1. The van der Waals surface area contributed by atoms with Gasteiger partial charge in [0.05, 0.1) is 6.61 Å². The summed E-state index contributed by atoms with van der Waals surface area (Å²) in [6.07, 6.45) is 10.3. The number of rotatable bonds is 9. The molecule has 0 fully saturated rings. The van der Waals surface area contributed by atoms with Crippen molar-refractivity contribution in [2.45, 2.75) is 45.4 Å². The first-order chi connectivity index (χ1) is 7.06. The van der Waals surface area contributed by atoms with Gasteiger partial charge in [-0.2, -0.15) is 8.42 Å². The Labute approximate surface area is 92.3 Å². The van der Waals surface area contributed by atoms with Crippen LogP contribution in [-0.4, -0.2) is 19.6 Å². The van der Waals surface area contributed by atoms with Crippen LogP contribution in [-0.2, 0) is 14.6 Å². The van der Waals surface area contributed by atoms with Crippen molar-refractivity contribution >= 4 is 10.4 Å². The predicted molar refractivity (Wildman–Crippen MR) is 60.0 cm³/mol. The molecule has 0 unspecified atom stereocenters. The maximum atomic E-state index is 10.1. The van der Waals surface area contributed by atoms with Crippen molar-refractivity contribution in [1.82, 2.24) is 0 Å². The zero-order chi connectivity index (χ0) is 11.6. The lowest BCUT2D eigenvalue weighted by atomic mass is 10.1. The highest BCUT2D eigenvalue weighted by Gasteiger charge is 2.00. The zero-order valence-corrected chi connectivity index (χ0v) is 10.0. The summed E-state index contributed by atoms with van der Waals surface area (Å²) in [4.78, 5) is 0. The molecule has 0 atom stereocenters. The molecule has 90 valence electrons. The third kappa shape index (κ3) is 13.6. The van der Waals surface area contributed by atoms with Crippen molar-refractivity contribution in [1.29, 1.82) is 0 Å². The van der Waals surface area contributed by atoms with E-state index in [-0.39, 0.29) is 6.61 Å². The van der Waals surface area contributed by atoms with Gasteiger partial charge in [0.25, 0.3) is 0 Å². The van der Waals surface area contributed by atoms with E-state index in [2.05, 4.69) is 11.1 Å². The smallest absolute Gasteiger partial charge is 0.264 e. The van der Waals surface area contributed by atoms with E-state index in [1.165, 1.54) is 25.7 Å². The van der Waals surface area contributed by atoms with Gasteiger partial charge in [0.1, 0.15) is 0 Å². The Kier molecular flexibility index (Phi) is 8.65. The van der Waals surface area contributed by atoms with E-state index in [9.17, 15) is 8.42 Å². The van der Waals surface area contributed by atoms with Crippen molar-refractivity contribution in [2.75, 3.05) is 6.61 Å². The molecule has 0 spiro atoms. The Balaban J connectivity index is 3.25. The van der Waals surface area contributed by atoms with Gasteiger partial charge in [-0.3, -0.25) is 4.55 Å². The Morgan fingerprint density at radius 1 is 1.13 bits per heavy atom. The normalized spacial score (nSPS) is 12.4. The second kappa shape index (κ2) is 8.88. The third-order valence-corrected chi connectivity index (χ3v) is 2.37. The minimum absolute atomic E-state index is 0.00426. The standard InChI is InChI=1S/C10H20O4S/c1-2-3-4-5-6-7-8-9-10-14-15(11,12)13/h7-8H,2-6,9-10H2,1H3,(H,11,12,13)/b8-7+. The van der Waals surface area contributed by atoms with Gasteiger partial charge in [-0.1, -0.05) is 38.3 Å². The summed E-state index contributed by atoms with van der Waals surface area (Å²) in [6, 6.07) is 0. The van der Waals surface area contributed by atoms with Crippen molar-refractivity contribution in [3.05, 3.63) is 12.2 Å². The molecule has 0 aliphatic heterocycles. The van der Waals surface area contributed by atoms with Gasteiger partial charge >= 0.3 is 10.4 Å². The lowest BCUT2D eigenvalue weighted by Crippen LogP contribution is -2.03. The van der Waals surface area contributed by atoms with Crippen LogP contribution in [0, 0.1) is 0 Å². The fourth-order valence-electron chi connectivity index (χ4n) is 1.15. The monoisotopic (exact) mass is 236 g/mol. The van der Waals surface area contributed by atoms with Gasteiger partial charge in [0, 0.05) is 0 Å². The van der Waals surface area contributed by atoms with Crippen LogP contribution in [0.3, 0.4) is 0 Å². The van der Waals surface area contributed by atoms with Crippen molar-refractivity contribution < 1.29 is 17.2 Å². The summed E-state index contributed by atoms with van der Waals surface area (Å²) in [7, 11) is -4.26. The molecule has 1 N–H and O–H groups in total. The summed E-state index contributed by atoms with van der Waals surface area (Å²) in [5, 5.41) is 0. The molecule has 0 radical (unpaired) electrons. The van der Waals surface area contributed by atoms with Crippen LogP contribution in [0.4, 0.5) is 0 Å². The average Bonchev–Trinajstić information content (AvgIpc) is 2.14. The van der Waals surface area contributed by atoms with Gasteiger partial charge in [0.15, 0.2) is 0 Å². The van der Waals surface area contributed by atoms with Gasteiger partial charge in [-0.05, 0) is 19.3 Å². The summed E-state index contributed by atoms with van der Waals surface area (Å²) in [6.45, 7) is 2.17. The van der Waals surface area contributed by atoms with Gasteiger partial charge in [-0.15, -0.1) is 0 Å². The Hall–Kier alpha value is -0.390. The SMILES string of the molecule is CCCCCC/C=C/CCOS(=O)(=O)O. The molecule has 4 nitrogen and oxygen atoms in total. The number of hydrogen-bond donors (Lipinski definition) is 1. The largest absolute Gasteiger partial charge is 0.397 e. The molecule has 0 aliphatic carbocycles. The van der Waals surface area contributed by atoms with Crippen LogP contribution < -0.4 is 0 Å². The fourth-order valence-corrected chi connectivity index (χ4v) is 1.45. The molecule has 0 aromatic heterocycles. The summed E-state index contributed by atoms with van der Waals surface area (Å²) in [5.74, 6) is 0. The molecular weight excluding hydrogens is 216 g/mol. The Morgan fingerprint density at radius 2 is 1.80 bits per heavy atom. The summed E-state index contributed by atoms with van der Waals surface area (Å²) >= 11 is 0. The number of allylic oxidation sites excluding steroid dienone is 1. The van der Waals surface area contributed by atoms with Gasteiger partial charge < -0.3 is 0 Å². The summed E-state index contributed by atoms with van der Waals surface area (Å²) < 4.78 is 32.7. The highest BCUT2D eigenvalue weighted by Crippen LogP contribution is 2.03. The quantitative estimate of drug-likeness (QED) is 0.380. The lowest BCUT2D eigenvalue weighted by Gasteiger charge is -1.96. The molecule has 0 bridgehead atoms. The average molecular weight is 236 g/mol. The van der Waals surface area contributed by atoms with E-state index in [0.29, 0.717) is 6.42 Å². The van der Waals surface area contributed by atoms with E-state index in [4.69, 9.17) is 4.55 Å². The van der Waals surface area contributed by atoms with E-state index >= 15 is 0 Å². The van der Waals surface area contributed by atoms with E-state index in [0.717, 1.165) is 6.42 Å². The minimum Gasteiger partial charge on any atom is -0.264 e. The molecule has 0 saturated heterocycles. The first kappa shape index (κ1) is 14.6. The first-order valence-corrected chi connectivity index (χ1v) is 6.69. The number of unbranched alkanes of at least 4 members (excludes halogenated alkanes) is 4. The van der Waals surface area contributed by atoms with Crippen LogP contribution in [0.15, 0.2) is 12.2 Å². The first-order valence-electron chi connectivity index (χ1n) is 5.33. The molecule has 0 aliphatic rings. The second-order valence-electron chi connectivity index (χ2n) is 3.36. The minimum atomic E-state index is -4.26. The van der Waals surface area contributed by atoms with Crippen molar-refractivity contribution in [2.24, 2.45) is 0 Å². The summed E-state index contributed by atoms with van der Waals surface area (Å²) in [5.41, 5.74) is 0. The van der Waals surface area contributed by atoms with Gasteiger partial charge in [0.2, 0.25) is 0 Å². The molecule has 5 heteroatoms. The second-order valence-corrected chi connectivity index (χ2v) is 4.45. The van der Waals surface area contributed by atoms with Crippen molar-refractivity contribution in [3.8, 4) is 0 Å². The lowest BCUT2D eigenvalue weighted by molar-refractivity contribution is 0.273. The maximum Gasteiger partial charge on any atom is 0.397 e. The topological polar surface area (TPSA) is 63.6 Å². The molecule has 0 aromatic rings. The molecule has 0 saturated carbocycles. The molecular formula is C10H20O4S. The van der Waals surface area contributed by atoms with Crippen LogP contribution in [0.1, 0.15) is 45.4 Å². The Morgan fingerprint density at radius 3 is 2.40 bits per heavy atom. The van der Waals surface area contributed by atoms with Crippen LogP contribution >= 0.6 is 0 Å². The Bertz CT molecular complexity index is 257. The van der Waals surface area contributed by atoms with Crippen LogP contribution in [0.25, 0.3) is 0 Å². The zero-order valence-electron chi connectivity index (χ0n) is 9.18.